The molecule has 0 saturated heterocycles. The number of benzene rings is 2. The van der Waals surface area contributed by atoms with Gasteiger partial charge in [0.1, 0.15) is 18.2 Å². The van der Waals surface area contributed by atoms with Gasteiger partial charge in [0.2, 0.25) is 5.91 Å². The van der Waals surface area contributed by atoms with Crippen LogP contribution >= 0.6 is 0 Å². The molecule has 0 spiro atoms. The summed E-state index contributed by atoms with van der Waals surface area (Å²) in [6, 6.07) is 14.5. The third-order valence-corrected chi connectivity index (χ3v) is 6.63. The molecule has 1 fully saturated rings. The molecule has 0 aromatic heterocycles. The molecule has 0 aliphatic heterocycles. The van der Waals surface area contributed by atoms with Crippen LogP contribution in [-0.2, 0) is 16.0 Å². The number of nitriles is 1. The van der Waals surface area contributed by atoms with E-state index in [4.69, 9.17) is 10.00 Å². The van der Waals surface area contributed by atoms with E-state index in [1.807, 2.05) is 48.5 Å². The smallest absolute Gasteiger partial charge is 0.408 e. The van der Waals surface area contributed by atoms with Crippen molar-refractivity contribution < 1.29 is 14.3 Å². The molecule has 2 amide bonds. The molecule has 0 bridgehead atoms. The van der Waals surface area contributed by atoms with Crippen molar-refractivity contribution in [2.45, 2.75) is 71.6 Å². The second-order valence-corrected chi connectivity index (χ2v) is 9.71. The zero-order chi connectivity index (χ0) is 24.0. The van der Waals surface area contributed by atoms with Gasteiger partial charge < -0.3 is 15.4 Å². The van der Waals surface area contributed by atoms with Crippen LogP contribution in [0.5, 0.6) is 0 Å². The molecule has 33 heavy (non-hydrogen) atoms. The Morgan fingerprint density at radius 1 is 1.09 bits per heavy atom. The highest BCUT2D eigenvalue weighted by atomic mass is 16.6. The van der Waals surface area contributed by atoms with Crippen molar-refractivity contribution in [2.75, 3.05) is 0 Å². The normalized spacial score (nSPS) is 22.2. The minimum absolute atomic E-state index is 0.156. The number of rotatable bonds is 7. The topological polar surface area (TPSA) is 91.2 Å². The zero-order valence-electron chi connectivity index (χ0n) is 20.0. The van der Waals surface area contributed by atoms with Gasteiger partial charge in [-0.15, -0.1) is 0 Å². The van der Waals surface area contributed by atoms with Gasteiger partial charge in [0, 0.05) is 6.42 Å². The van der Waals surface area contributed by atoms with Gasteiger partial charge in [-0.1, -0.05) is 69.7 Å². The number of nitrogens with one attached hydrogen (secondary N) is 2. The monoisotopic (exact) mass is 449 g/mol. The lowest BCUT2D eigenvalue weighted by Crippen LogP contribution is -2.51. The molecule has 2 N–H and O–H groups in total. The number of carbonyl (C=O) groups excluding carboxylic acids is 2. The molecule has 5 unspecified atom stereocenters. The summed E-state index contributed by atoms with van der Waals surface area (Å²) in [5.74, 6) is 0.847. The van der Waals surface area contributed by atoms with Crippen molar-refractivity contribution >= 4 is 22.8 Å². The summed E-state index contributed by atoms with van der Waals surface area (Å²) in [5.41, 5.74) is 0.921. The molecule has 1 saturated carbocycles. The lowest BCUT2D eigenvalue weighted by molar-refractivity contribution is -0.123. The molecule has 1 aliphatic carbocycles. The number of nitrogens with zero attached hydrogens (tertiary/aromatic N) is 1. The lowest BCUT2D eigenvalue weighted by Gasteiger charge is -2.36. The summed E-state index contributed by atoms with van der Waals surface area (Å²) < 4.78 is 5.86. The Bertz CT molecular complexity index is 1010. The molecule has 2 aromatic carbocycles. The predicted octanol–water partition coefficient (Wildman–Crippen LogP) is 4.97. The van der Waals surface area contributed by atoms with Crippen molar-refractivity contribution in [2.24, 2.45) is 17.8 Å². The van der Waals surface area contributed by atoms with Gasteiger partial charge in [0.25, 0.3) is 0 Å². The van der Waals surface area contributed by atoms with Crippen LogP contribution in [0, 0.1) is 29.1 Å². The fourth-order valence-electron chi connectivity index (χ4n) is 4.72. The van der Waals surface area contributed by atoms with Crippen LogP contribution in [-0.4, -0.2) is 30.2 Å². The van der Waals surface area contributed by atoms with Crippen LogP contribution in [0.1, 0.15) is 52.5 Å². The molecule has 176 valence electrons. The second kappa shape index (κ2) is 11.2. The maximum Gasteiger partial charge on any atom is 0.408 e. The average molecular weight is 450 g/mol. The lowest BCUT2D eigenvalue weighted by atomic mass is 9.75. The fourth-order valence-corrected chi connectivity index (χ4v) is 4.72. The summed E-state index contributed by atoms with van der Waals surface area (Å²) in [7, 11) is 0. The minimum Gasteiger partial charge on any atom is -0.446 e. The largest absolute Gasteiger partial charge is 0.446 e. The first kappa shape index (κ1) is 24.6. The first-order chi connectivity index (χ1) is 15.8. The van der Waals surface area contributed by atoms with Gasteiger partial charge in [-0.25, -0.2) is 4.79 Å². The van der Waals surface area contributed by atoms with Crippen LogP contribution in [0.15, 0.2) is 42.5 Å². The molecule has 6 heteroatoms. The number of hydrogen-bond acceptors (Lipinski definition) is 4. The SMILES string of the molecule is CC1CCC(C(C)C)C(OC(=O)NC(Cc2ccc3ccccc3c2)C(=O)NC(C)C#N)C1. The van der Waals surface area contributed by atoms with Crippen molar-refractivity contribution in [1.29, 1.82) is 5.26 Å². The second-order valence-electron chi connectivity index (χ2n) is 9.71. The van der Waals surface area contributed by atoms with E-state index in [1.54, 1.807) is 6.92 Å². The average Bonchev–Trinajstić information content (AvgIpc) is 2.78. The van der Waals surface area contributed by atoms with E-state index < -0.39 is 24.1 Å². The minimum atomic E-state index is -0.840. The van der Waals surface area contributed by atoms with Crippen LogP contribution in [0.3, 0.4) is 0 Å². The maximum atomic E-state index is 12.9. The van der Waals surface area contributed by atoms with Crippen LogP contribution in [0.25, 0.3) is 10.8 Å². The number of hydrogen-bond donors (Lipinski definition) is 2. The Kier molecular flexibility index (Phi) is 8.32. The Labute approximate surface area is 196 Å². The zero-order valence-corrected chi connectivity index (χ0v) is 20.0. The van der Waals surface area contributed by atoms with E-state index in [2.05, 4.69) is 31.4 Å². The first-order valence-electron chi connectivity index (χ1n) is 11.9. The highest BCUT2D eigenvalue weighted by molar-refractivity contribution is 5.87. The number of alkyl carbamates (subject to hydrolysis) is 1. The van der Waals surface area contributed by atoms with Gasteiger partial charge >= 0.3 is 6.09 Å². The molecule has 2 aromatic rings. The fraction of sp³-hybridized carbons (Fsp3) is 0.519. The molecular weight excluding hydrogens is 414 g/mol. The van der Waals surface area contributed by atoms with Crippen molar-refractivity contribution in [3.63, 3.8) is 0 Å². The first-order valence-corrected chi connectivity index (χ1v) is 11.9. The Balaban J connectivity index is 1.74. The van der Waals surface area contributed by atoms with Gasteiger partial charge in [-0.3, -0.25) is 4.79 Å². The molecule has 1 aliphatic rings. The summed E-state index contributed by atoms with van der Waals surface area (Å²) in [4.78, 5) is 25.8. The Hall–Kier alpha value is -3.07. The quantitative estimate of drug-likeness (QED) is 0.625. The maximum absolute atomic E-state index is 12.9. The molecule has 0 radical (unpaired) electrons. The number of carbonyl (C=O) groups is 2. The van der Waals surface area contributed by atoms with Crippen molar-refractivity contribution in [3.05, 3.63) is 48.0 Å². The third kappa shape index (κ3) is 6.71. The standard InChI is InChI=1S/C27H35N3O3/c1-17(2)23-12-9-18(3)13-25(23)33-27(32)30-24(26(31)29-19(4)16-28)15-20-10-11-21-7-5-6-8-22(21)14-20/h5-8,10-11,14,17-19,23-25H,9,12-13,15H2,1-4H3,(H,29,31)(H,30,32). The molecule has 6 nitrogen and oxygen atoms in total. The molecule has 0 heterocycles. The van der Waals surface area contributed by atoms with E-state index in [9.17, 15) is 9.59 Å². The highest BCUT2D eigenvalue weighted by Crippen LogP contribution is 2.35. The highest BCUT2D eigenvalue weighted by Gasteiger charge is 2.34. The van der Waals surface area contributed by atoms with E-state index in [1.165, 1.54) is 0 Å². The molecular formula is C27H35N3O3. The number of fused-ring (bicyclic) bond motifs is 1. The summed E-state index contributed by atoms with van der Waals surface area (Å²) in [6.45, 7) is 8.12. The molecule has 5 atom stereocenters. The van der Waals surface area contributed by atoms with Crippen molar-refractivity contribution in [3.8, 4) is 6.07 Å². The van der Waals surface area contributed by atoms with Gasteiger partial charge in [0.15, 0.2) is 0 Å². The van der Waals surface area contributed by atoms with E-state index >= 15 is 0 Å². The van der Waals surface area contributed by atoms with Gasteiger partial charge in [-0.2, -0.15) is 5.26 Å². The number of amides is 2. The molecule has 3 rings (SSSR count). The van der Waals surface area contributed by atoms with Crippen LogP contribution in [0.4, 0.5) is 4.79 Å². The summed E-state index contributed by atoms with van der Waals surface area (Å²) in [6.07, 6.45) is 2.59. The summed E-state index contributed by atoms with van der Waals surface area (Å²) >= 11 is 0. The third-order valence-electron chi connectivity index (χ3n) is 6.63. The van der Waals surface area contributed by atoms with Gasteiger partial charge in [0.05, 0.1) is 6.07 Å². The predicted molar refractivity (Wildman–Crippen MR) is 129 cm³/mol. The Morgan fingerprint density at radius 3 is 2.52 bits per heavy atom. The van der Waals surface area contributed by atoms with Gasteiger partial charge in [-0.05, 0) is 53.9 Å². The van der Waals surface area contributed by atoms with Crippen LogP contribution < -0.4 is 10.6 Å². The van der Waals surface area contributed by atoms with Crippen LogP contribution in [0.2, 0.25) is 0 Å². The number of ether oxygens (including phenoxy) is 1. The van der Waals surface area contributed by atoms with E-state index in [-0.39, 0.29) is 6.10 Å². The summed E-state index contributed by atoms with van der Waals surface area (Å²) in [5, 5.41) is 16.7. The Morgan fingerprint density at radius 2 is 1.82 bits per heavy atom. The van der Waals surface area contributed by atoms with E-state index in [0.29, 0.717) is 24.2 Å². The van der Waals surface area contributed by atoms with Crippen molar-refractivity contribution in [1.82, 2.24) is 10.6 Å². The van der Waals surface area contributed by atoms with E-state index in [0.717, 1.165) is 35.6 Å².